The largest absolute Gasteiger partial charge is 0.444 e. The quantitative estimate of drug-likeness (QED) is 0.639. The Bertz CT molecular complexity index is 327. The Morgan fingerprint density at radius 1 is 1.37 bits per heavy atom. The zero-order chi connectivity index (χ0) is 14.5. The van der Waals surface area contributed by atoms with Gasteiger partial charge in [0.2, 0.25) is 0 Å². The van der Waals surface area contributed by atoms with E-state index in [0.29, 0.717) is 26.2 Å². The van der Waals surface area contributed by atoms with E-state index in [9.17, 15) is 9.59 Å². The van der Waals surface area contributed by atoms with Crippen LogP contribution in [0.4, 0.5) is 9.59 Å². The van der Waals surface area contributed by atoms with Crippen LogP contribution in [0.2, 0.25) is 0 Å². The van der Waals surface area contributed by atoms with E-state index in [1.54, 1.807) is 4.90 Å². The van der Waals surface area contributed by atoms with E-state index in [1.165, 1.54) is 0 Å². The van der Waals surface area contributed by atoms with Crippen LogP contribution < -0.4 is 16.4 Å². The minimum Gasteiger partial charge on any atom is -0.444 e. The van der Waals surface area contributed by atoms with Crippen LogP contribution in [0.3, 0.4) is 0 Å². The number of rotatable bonds is 4. The molecule has 3 amide bonds. The first-order chi connectivity index (χ1) is 8.78. The summed E-state index contributed by atoms with van der Waals surface area (Å²) in [5.74, 6) is 0. The van der Waals surface area contributed by atoms with E-state index in [1.807, 2.05) is 20.8 Å². The molecule has 1 unspecified atom stereocenters. The van der Waals surface area contributed by atoms with Crippen LogP contribution in [0.1, 0.15) is 27.2 Å². The van der Waals surface area contributed by atoms with E-state index in [-0.39, 0.29) is 12.1 Å². The van der Waals surface area contributed by atoms with Gasteiger partial charge >= 0.3 is 12.1 Å². The third-order valence-electron chi connectivity index (χ3n) is 2.70. The number of amides is 3. The standard InChI is InChI=1S/C12H24N4O3/c1-12(2,3)19-11(18)16-7-4-9(8-16)14-5-6-15-10(13)17/h9,14H,4-8H2,1-3H3,(H3,13,15,17). The number of nitrogens with zero attached hydrogens (tertiary/aromatic N) is 1. The van der Waals surface area contributed by atoms with Crippen molar-refractivity contribution in [2.24, 2.45) is 5.73 Å². The van der Waals surface area contributed by atoms with Gasteiger partial charge in [-0.15, -0.1) is 0 Å². The lowest BCUT2D eigenvalue weighted by molar-refractivity contribution is 0.0291. The number of hydrogen-bond acceptors (Lipinski definition) is 4. The van der Waals surface area contributed by atoms with Crippen molar-refractivity contribution >= 4 is 12.1 Å². The number of urea groups is 1. The molecular formula is C12H24N4O3. The molecule has 0 aromatic rings. The first-order valence-electron chi connectivity index (χ1n) is 6.52. The van der Waals surface area contributed by atoms with Gasteiger partial charge in [0.1, 0.15) is 5.60 Å². The van der Waals surface area contributed by atoms with Gasteiger partial charge in [0.05, 0.1) is 0 Å². The molecule has 110 valence electrons. The van der Waals surface area contributed by atoms with Gasteiger partial charge in [-0.1, -0.05) is 0 Å². The summed E-state index contributed by atoms with van der Waals surface area (Å²) in [7, 11) is 0. The molecule has 0 aromatic heterocycles. The van der Waals surface area contributed by atoms with Gasteiger partial charge in [0, 0.05) is 32.2 Å². The predicted octanol–water partition coefficient (Wildman–Crippen LogP) is 0.254. The highest BCUT2D eigenvalue weighted by atomic mass is 16.6. The van der Waals surface area contributed by atoms with E-state index in [2.05, 4.69) is 10.6 Å². The molecule has 0 bridgehead atoms. The number of hydrogen-bond donors (Lipinski definition) is 3. The van der Waals surface area contributed by atoms with Crippen molar-refractivity contribution < 1.29 is 14.3 Å². The van der Waals surface area contributed by atoms with Crippen molar-refractivity contribution in [2.45, 2.75) is 38.8 Å². The van der Waals surface area contributed by atoms with E-state index in [4.69, 9.17) is 10.5 Å². The summed E-state index contributed by atoms with van der Waals surface area (Å²) in [6.45, 7) is 8.00. The maximum Gasteiger partial charge on any atom is 0.410 e. The van der Waals surface area contributed by atoms with Gasteiger partial charge in [-0.25, -0.2) is 9.59 Å². The van der Waals surface area contributed by atoms with Gasteiger partial charge in [-0.05, 0) is 27.2 Å². The lowest BCUT2D eigenvalue weighted by Gasteiger charge is -2.24. The summed E-state index contributed by atoms with van der Waals surface area (Å²) in [5, 5.41) is 5.77. The normalized spacial score (nSPS) is 19.3. The van der Waals surface area contributed by atoms with Crippen molar-refractivity contribution in [2.75, 3.05) is 26.2 Å². The van der Waals surface area contributed by atoms with Gasteiger partial charge in [-0.2, -0.15) is 0 Å². The van der Waals surface area contributed by atoms with Crippen LogP contribution in [0.5, 0.6) is 0 Å². The lowest BCUT2D eigenvalue weighted by atomic mass is 10.2. The van der Waals surface area contributed by atoms with Gasteiger partial charge in [0.15, 0.2) is 0 Å². The Hall–Kier alpha value is -1.50. The molecule has 1 fully saturated rings. The molecule has 1 rings (SSSR count). The van der Waals surface area contributed by atoms with Gasteiger partial charge in [0.25, 0.3) is 0 Å². The number of likely N-dealkylation sites (tertiary alicyclic amines) is 1. The van der Waals surface area contributed by atoms with Crippen LogP contribution in [0.25, 0.3) is 0 Å². The second kappa shape index (κ2) is 6.60. The van der Waals surface area contributed by atoms with Crippen molar-refractivity contribution in [1.29, 1.82) is 0 Å². The first kappa shape index (κ1) is 15.6. The Labute approximate surface area is 113 Å². The maximum atomic E-state index is 11.8. The fraction of sp³-hybridized carbons (Fsp3) is 0.833. The van der Waals surface area contributed by atoms with Crippen molar-refractivity contribution in [3.8, 4) is 0 Å². The van der Waals surface area contributed by atoms with E-state index in [0.717, 1.165) is 6.42 Å². The highest BCUT2D eigenvalue weighted by Crippen LogP contribution is 2.15. The van der Waals surface area contributed by atoms with E-state index < -0.39 is 11.6 Å². The van der Waals surface area contributed by atoms with Crippen LogP contribution >= 0.6 is 0 Å². The number of primary amides is 1. The minimum atomic E-state index is -0.524. The molecule has 0 aromatic carbocycles. The smallest absolute Gasteiger partial charge is 0.410 e. The summed E-state index contributed by atoms with van der Waals surface area (Å²) in [5.41, 5.74) is 4.50. The molecule has 0 aliphatic carbocycles. The van der Waals surface area contributed by atoms with Gasteiger partial charge in [-0.3, -0.25) is 0 Å². The molecular weight excluding hydrogens is 248 g/mol. The number of nitrogens with two attached hydrogens (primary N) is 1. The van der Waals surface area contributed by atoms with Crippen LogP contribution in [-0.2, 0) is 4.74 Å². The highest BCUT2D eigenvalue weighted by molar-refractivity contribution is 5.71. The number of nitrogens with one attached hydrogen (secondary N) is 2. The Morgan fingerprint density at radius 3 is 2.63 bits per heavy atom. The van der Waals surface area contributed by atoms with Crippen LogP contribution in [0, 0.1) is 0 Å². The SMILES string of the molecule is CC(C)(C)OC(=O)N1CCC(NCCNC(N)=O)C1. The highest BCUT2D eigenvalue weighted by Gasteiger charge is 2.29. The molecule has 0 radical (unpaired) electrons. The van der Waals surface area contributed by atoms with Crippen LogP contribution in [-0.4, -0.2) is 54.8 Å². The first-order valence-corrected chi connectivity index (χ1v) is 6.52. The summed E-state index contributed by atoms with van der Waals surface area (Å²) < 4.78 is 5.31. The third-order valence-corrected chi connectivity index (χ3v) is 2.70. The second-order valence-corrected chi connectivity index (χ2v) is 5.66. The number of ether oxygens (including phenoxy) is 1. The average molecular weight is 272 g/mol. The molecule has 0 spiro atoms. The predicted molar refractivity (Wildman–Crippen MR) is 71.8 cm³/mol. The molecule has 4 N–H and O–H groups in total. The summed E-state index contributed by atoms with van der Waals surface area (Å²) in [6, 6.07) is -0.286. The van der Waals surface area contributed by atoms with Gasteiger partial charge < -0.3 is 26.0 Å². The summed E-state index contributed by atoms with van der Waals surface area (Å²) in [4.78, 5) is 24.0. The second-order valence-electron chi connectivity index (χ2n) is 5.66. The maximum absolute atomic E-state index is 11.8. The topological polar surface area (TPSA) is 96.7 Å². The fourth-order valence-corrected chi connectivity index (χ4v) is 1.88. The molecule has 19 heavy (non-hydrogen) atoms. The molecule has 1 aliphatic heterocycles. The average Bonchev–Trinajstić information content (AvgIpc) is 2.70. The molecule has 7 heteroatoms. The molecule has 1 aliphatic rings. The fourth-order valence-electron chi connectivity index (χ4n) is 1.88. The van der Waals surface area contributed by atoms with E-state index >= 15 is 0 Å². The summed E-state index contributed by atoms with van der Waals surface area (Å²) >= 11 is 0. The number of carbonyl (C=O) groups is 2. The van der Waals surface area contributed by atoms with Crippen molar-refractivity contribution in [3.05, 3.63) is 0 Å². The Balaban J connectivity index is 2.22. The van der Waals surface area contributed by atoms with Crippen molar-refractivity contribution in [1.82, 2.24) is 15.5 Å². The molecule has 1 saturated heterocycles. The lowest BCUT2D eigenvalue weighted by Crippen LogP contribution is -2.41. The van der Waals surface area contributed by atoms with Crippen molar-refractivity contribution in [3.63, 3.8) is 0 Å². The third kappa shape index (κ3) is 6.28. The Kier molecular flexibility index (Phi) is 5.41. The zero-order valence-electron chi connectivity index (χ0n) is 11.9. The number of carbonyl (C=O) groups excluding carboxylic acids is 2. The molecule has 7 nitrogen and oxygen atoms in total. The Morgan fingerprint density at radius 2 is 2.05 bits per heavy atom. The summed E-state index contributed by atoms with van der Waals surface area (Å²) in [6.07, 6.45) is 0.613. The molecule has 0 saturated carbocycles. The minimum absolute atomic E-state index is 0.238. The molecule has 1 heterocycles. The van der Waals surface area contributed by atoms with Crippen LogP contribution in [0.15, 0.2) is 0 Å². The zero-order valence-corrected chi connectivity index (χ0v) is 11.9. The molecule has 1 atom stereocenters. The monoisotopic (exact) mass is 272 g/mol.